The molecule has 1 N–H and O–H groups in total. The lowest BCUT2D eigenvalue weighted by atomic mass is 10.0. The van der Waals surface area contributed by atoms with Crippen molar-refractivity contribution in [3.8, 4) is 0 Å². The second-order valence-electron chi connectivity index (χ2n) is 6.84. The Hall–Kier alpha value is -2.15. The average molecular weight is 346 g/mol. The van der Waals surface area contributed by atoms with Crippen molar-refractivity contribution in [3.05, 3.63) is 29.3 Å². The van der Waals surface area contributed by atoms with Crippen molar-refractivity contribution in [2.75, 3.05) is 0 Å². The molecule has 2 aliphatic heterocycles. The lowest BCUT2D eigenvalue weighted by molar-refractivity contribution is -0.136. The fraction of sp³-hybridized carbons (Fsp3) is 0.412. The highest BCUT2D eigenvalue weighted by molar-refractivity contribution is 8.00. The predicted molar refractivity (Wildman–Crippen MR) is 88.7 cm³/mol. The second kappa shape index (κ2) is 5.73. The number of hydrogen-bond acceptors (Lipinski definition) is 5. The van der Waals surface area contributed by atoms with E-state index in [1.807, 2.05) is 26.8 Å². The van der Waals surface area contributed by atoms with Crippen molar-refractivity contribution in [2.45, 2.75) is 49.3 Å². The highest BCUT2D eigenvalue weighted by Gasteiger charge is 2.45. The number of nitrogens with zero attached hydrogens (tertiary/aromatic N) is 1. The molecule has 1 aromatic carbocycles. The average Bonchev–Trinajstić information content (AvgIpc) is 2.71. The van der Waals surface area contributed by atoms with E-state index in [0.29, 0.717) is 11.1 Å². The first-order valence-corrected chi connectivity index (χ1v) is 8.54. The Morgan fingerprint density at radius 3 is 2.46 bits per heavy atom. The molecule has 0 aromatic heterocycles. The van der Waals surface area contributed by atoms with E-state index in [4.69, 9.17) is 0 Å². The van der Waals surface area contributed by atoms with Crippen molar-refractivity contribution >= 4 is 35.4 Å². The monoisotopic (exact) mass is 346 g/mol. The molecule has 2 heterocycles. The van der Waals surface area contributed by atoms with Gasteiger partial charge in [-0.2, -0.15) is 0 Å². The molecule has 0 aliphatic carbocycles. The fourth-order valence-electron chi connectivity index (χ4n) is 2.90. The number of hydrogen-bond donors (Lipinski definition) is 1. The first-order valence-electron chi connectivity index (χ1n) is 7.72. The minimum atomic E-state index is -0.928. The van der Waals surface area contributed by atoms with Gasteiger partial charge in [0.25, 0.3) is 11.8 Å². The van der Waals surface area contributed by atoms with Crippen LogP contribution in [0.3, 0.4) is 0 Å². The number of benzene rings is 1. The van der Waals surface area contributed by atoms with Gasteiger partial charge in [-0.3, -0.25) is 29.4 Å². The summed E-state index contributed by atoms with van der Waals surface area (Å²) in [4.78, 5) is 50.6. The third kappa shape index (κ3) is 2.84. The van der Waals surface area contributed by atoms with Crippen LogP contribution in [-0.4, -0.2) is 39.3 Å². The first-order chi connectivity index (χ1) is 11.2. The fourth-order valence-corrected chi connectivity index (χ4v) is 4.00. The summed E-state index contributed by atoms with van der Waals surface area (Å²) in [5, 5.41) is 2.20. The molecule has 24 heavy (non-hydrogen) atoms. The van der Waals surface area contributed by atoms with Crippen LogP contribution in [0.25, 0.3) is 0 Å². The predicted octanol–water partition coefficient (Wildman–Crippen LogP) is 1.98. The Kier molecular flexibility index (Phi) is 3.99. The standard InChI is InChI=1S/C17H18N2O4S/c1-17(2,3)24-11-6-4-5-9-13(11)16(23)19(15(9)22)10-7-8-12(20)18-14(10)21/h4-6,10H,7-8H2,1-3H3,(H,18,20,21). The third-order valence-corrected chi connectivity index (χ3v) is 5.02. The van der Waals surface area contributed by atoms with Gasteiger partial charge < -0.3 is 0 Å². The zero-order chi connectivity index (χ0) is 17.6. The largest absolute Gasteiger partial charge is 0.295 e. The molecule has 7 heteroatoms. The van der Waals surface area contributed by atoms with Crippen LogP contribution in [0.2, 0.25) is 0 Å². The first kappa shape index (κ1) is 16.7. The van der Waals surface area contributed by atoms with Crippen LogP contribution in [0, 0.1) is 0 Å². The van der Waals surface area contributed by atoms with E-state index in [0.717, 1.165) is 9.80 Å². The maximum atomic E-state index is 12.9. The highest BCUT2D eigenvalue weighted by atomic mass is 32.2. The topological polar surface area (TPSA) is 83.6 Å². The zero-order valence-corrected chi connectivity index (χ0v) is 14.5. The Morgan fingerprint density at radius 2 is 1.83 bits per heavy atom. The Morgan fingerprint density at radius 1 is 1.12 bits per heavy atom. The van der Waals surface area contributed by atoms with Gasteiger partial charge in [-0.05, 0) is 18.6 Å². The van der Waals surface area contributed by atoms with Gasteiger partial charge in [-0.1, -0.05) is 26.8 Å². The van der Waals surface area contributed by atoms with Crippen LogP contribution in [0.1, 0.15) is 54.3 Å². The van der Waals surface area contributed by atoms with Crippen LogP contribution in [-0.2, 0) is 9.59 Å². The Labute approximate surface area is 144 Å². The van der Waals surface area contributed by atoms with E-state index in [1.165, 1.54) is 11.8 Å². The molecule has 4 amide bonds. The molecule has 126 valence electrons. The van der Waals surface area contributed by atoms with Crippen molar-refractivity contribution < 1.29 is 19.2 Å². The lowest BCUT2D eigenvalue weighted by Crippen LogP contribution is -2.54. The Bertz CT molecular complexity index is 766. The number of imide groups is 2. The summed E-state index contributed by atoms with van der Waals surface area (Å²) < 4.78 is -0.125. The molecule has 0 saturated carbocycles. The number of piperidine rings is 1. The van der Waals surface area contributed by atoms with Crippen molar-refractivity contribution in [1.82, 2.24) is 10.2 Å². The molecular weight excluding hydrogens is 328 g/mol. The SMILES string of the molecule is CC(C)(C)Sc1cccc2c1C(=O)N(C1CCC(=O)NC1=O)C2=O. The van der Waals surface area contributed by atoms with Crippen LogP contribution in [0.4, 0.5) is 0 Å². The van der Waals surface area contributed by atoms with E-state index in [1.54, 1.807) is 12.1 Å². The summed E-state index contributed by atoms with van der Waals surface area (Å²) in [6.45, 7) is 6.07. The quantitative estimate of drug-likeness (QED) is 0.654. The van der Waals surface area contributed by atoms with E-state index < -0.39 is 23.8 Å². The maximum absolute atomic E-state index is 12.9. The molecule has 0 radical (unpaired) electrons. The van der Waals surface area contributed by atoms with E-state index >= 15 is 0 Å². The van der Waals surface area contributed by atoms with Crippen LogP contribution in [0.15, 0.2) is 23.1 Å². The molecule has 6 nitrogen and oxygen atoms in total. The van der Waals surface area contributed by atoms with Crippen LogP contribution < -0.4 is 5.32 Å². The van der Waals surface area contributed by atoms with Crippen molar-refractivity contribution in [2.24, 2.45) is 0 Å². The van der Waals surface area contributed by atoms with Gasteiger partial charge in [0, 0.05) is 16.1 Å². The number of rotatable bonds is 2. The molecular formula is C17H18N2O4S. The number of thioether (sulfide) groups is 1. The summed E-state index contributed by atoms with van der Waals surface area (Å²) in [6.07, 6.45) is 0.283. The van der Waals surface area contributed by atoms with Gasteiger partial charge in [-0.15, -0.1) is 11.8 Å². The van der Waals surface area contributed by atoms with Crippen LogP contribution >= 0.6 is 11.8 Å². The number of amides is 4. The van der Waals surface area contributed by atoms with Gasteiger partial charge >= 0.3 is 0 Å². The summed E-state index contributed by atoms with van der Waals surface area (Å²) >= 11 is 1.51. The van der Waals surface area contributed by atoms with Gasteiger partial charge in [0.05, 0.1) is 11.1 Å². The third-order valence-electron chi connectivity index (χ3n) is 3.85. The van der Waals surface area contributed by atoms with Crippen LogP contribution in [0.5, 0.6) is 0 Å². The molecule has 1 aromatic rings. The molecule has 0 spiro atoms. The smallest absolute Gasteiger partial charge is 0.263 e. The zero-order valence-electron chi connectivity index (χ0n) is 13.7. The molecule has 1 unspecified atom stereocenters. The van der Waals surface area contributed by atoms with Gasteiger partial charge in [-0.25, -0.2) is 0 Å². The minimum Gasteiger partial charge on any atom is -0.295 e. The number of carbonyl (C=O) groups excluding carboxylic acids is 4. The second-order valence-corrected chi connectivity index (χ2v) is 8.71. The maximum Gasteiger partial charge on any atom is 0.263 e. The number of carbonyl (C=O) groups is 4. The van der Waals surface area contributed by atoms with Gasteiger partial charge in [0.1, 0.15) is 6.04 Å². The van der Waals surface area contributed by atoms with E-state index in [9.17, 15) is 19.2 Å². The van der Waals surface area contributed by atoms with Crippen molar-refractivity contribution in [3.63, 3.8) is 0 Å². The molecule has 1 fully saturated rings. The normalized spacial score (nSPS) is 21.1. The molecule has 2 aliphatic rings. The summed E-state index contributed by atoms with van der Waals surface area (Å²) in [5.74, 6) is -1.90. The van der Waals surface area contributed by atoms with Crippen molar-refractivity contribution in [1.29, 1.82) is 0 Å². The summed E-state index contributed by atoms with van der Waals surface area (Å²) in [6, 6.07) is 4.23. The summed E-state index contributed by atoms with van der Waals surface area (Å²) in [5.41, 5.74) is 0.672. The number of fused-ring (bicyclic) bond motifs is 1. The van der Waals surface area contributed by atoms with Gasteiger partial charge in [0.2, 0.25) is 11.8 Å². The van der Waals surface area contributed by atoms with E-state index in [-0.39, 0.29) is 23.5 Å². The Balaban J connectivity index is 1.98. The number of nitrogens with one attached hydrogen (secondary N) is 1. The highest BCUT2D eigenvalue weighted by Crippen LogP contribution is 2.39. The molecule has 1 saturated heterocycles. The molecule has 0 bridgehead atoms. The van der Waals surface area contributed by atoms with E-state index in [2.05, 4.69) is 5.32 Å². The molecule has 3 rings (SSSR count). The lowest BCUT2D eigenvalue weighted by Gasteiger charge is -2.28. The molecule has 1 atom stereocenters. The van der Waals surface area contributed by atoms with Gasteiger partial charge in [0.15, 0.2) is 0 Å². The summed E-state index contributed by atoms with van der Waals surface area (Å²) in [7, 11) is 0. The minimum absolute atomic E-state index is 0.118.